The number of aryl methyl sites for hydroxylation is 1. The Bertz CT molecular complexity index is 881. The number of carbonyl (C=O) groups excluding carboxylic acids is 1. The summed E-state index contributed by atoms with van der Waals surface area (Å²) in [5, 5.41) is 3.83. The molecular formula is C20H24N2O4. The van der Waals surface area contributed by atoms with Crippen LogP contribution in [0.25, 0.3) is 11.0 Å². The van der Waals surface area contributed by atoms with Crippen LogP contribution in [-0.4, -0.2) is 38.1 Å². The van der Waals surface area contributed by atoms with Crippen LogP contribution in [0.1, 0.15) is 34.8 Å². The number of rotatable bonds is 7. The molecule has 0 fully saturated rings. The van der Waals surface area contributed by atoms with Gasteiger partial charge >= 0.3 is 0 Å². The third-order valence-corrected chi connectivity index (χ3v) is 4.38. The highest BCUT2D eigenvalue weighted by Crippen LogP contribution is 2.29. The minimum Gasteiger partial charge on any atom is -0.494 e. The van der Waals surface area contributed by atoms with E-state index in [4.69, 9.17) is 13.6 Å². The van der Waals surface area contributed by atoms with E-state index in [1.807, 2.05) is 63.2 Å². The molecule has 0 spiro atoms. The molecule has 6 nitrogen and oxygen atoms in total. The average molecular weight is 356 g/mol. The van der Waals surface area contributed by atoms with E-state index in [1.54, 1.807) is 6.26 Å². The number of likely N-dealkylation sites (N-methyl/N-ethyl adjacent to an activating group) is 1. The van der Waals surface area contributed by atoms with E-state index in [9.17, 15) is 4.79 Å². The zero-order valence-corrected chi connectivity index (χ0v) is 15.5. The minimum absolute atomic E-state index is 0.0526. The summed E-state index contributed by atoms with van der Waals surface area (Å²) in [5.41, 5.74) is 1.48. The molecule has 26 heavy (non-hydrogen) atoms. The monoisotopic (exact) mass is 356 g/mol. The second-order valence-electron chi connectivity index (χ2n) is 6.35. The van der Waals surface area contributed by atoms with Crippen molar-refractivity contribution in [3.05, 3.63) is 53.7 Å². The van der Waals surface area contributed by atoms with Gasteiger partial charge < -0.3 is 18.9 Å². The van der Waals surface area contributed by atoms with Crippen LogP contribution in [0, 0.1) is 6.92 Å². The topological polar surface area (TPSA) is 67.8 Å². The Hall–Kier alpha value is -2.73. The lowest BCUT2D eigenvalue weighted by molar-refractivity contribution is 0.0912. The van der Waals surface area contributed by atoms with Crippen molar-refractivity contribution in [2.75, 3.05) is 27.2 Å². The molecule has 0 aliphatic heterocycles. The Morgan fingerprint density at radius 1 is 1.31 bits per heavy atom. The number of hydrogen-bond donors (Lipinski definition) is 1. The van der Waals surface area contributed by atoms with Crippen molar-refractivity contribution in [1.29, 1.82) is 0 Å². The lowest BCUT2D eigenvalue weighted by Gasteiger charge is -2.22. The molecule has 0 saturated carbocycles. The molecule has 0 aliphatic carbocycles. The van der Waals surface area contributed by atoms with Gasteiger partial charge in [-0.3, -0.25) is 9.69 Å². The van der Waals surface area contributed by atoms with Crippen molar-refractivity contribution < 1.29 is 18.4 Å². The van der Waals surface area contributed by atoms with Gasteiger partial charge in [0, 0.05) is 17.5 Å². The quantitative estimate of drug-likeness (QED) is 0.698. The van der Waals surface area contributed by atoms with E-state index >= 15 is 0 Å². The molecule has 2 aromatic heterocycles. The molecule has 1 unspecified atom stereocenters. The Kier molecular flexibility index (Phi) is 5.32. The third kappa shape index (κ3) is 3.60. The highest BCUT2D eigenvalue weighted by Gasteiger charge is 2.22. The van der Waals surface area contributed by atoms with Crippen LogP contribution in [0.3, 0.4) is 0 Å². The molecule has 1 aromatic carbocycles. The number of furan rings is 2. The summed E-state index contributed by atoms with van der Waals surface area (Å²) in [6.45, 7) is 4.83. The lowest BCUT2D eigenvalue weighted by Crippen LogP contribution is -2.34. The summed E-state index contributed by atoms with van der Waals surface area (Å²) in [6.07, 6.45) is 1.63. The maximum atomic E-state index is 12.7. The van der Waals surface area contributed by atoms with Gasteiger partial charge in [0.25, 0.3) is 5.91 Å². The molecular weight excluding hydrogens is 332 g/mol. The summed E-state index contributed by atoms with van der Waals surface area (Å²) in [4.78, 5) is 14.7. The summed E-state index contributed by atoms with van der Waals surface area (Å²) in [6, 6.07) is 9.26. The van der Waals surface area contributed by atoms with Crippen LogP contribution >= 0.6 is 0 Å². The molecule has 0 bridgehead atoms. The zero-order chi connectivity index (χ0) is 18.7. The molecule has 0 radical (unpaired) electrons. The molecule has 0 saturated heterocycles. The Morgan fingerprint density at radius 3 is 2.77 bits per heavy atom. The van der Waals surface area contributed by atoms with Crippen LogP contribution in [-0.2, 0) is 0 Å². The van der Waals surface area contributed by atoms with Crippen LogP contribution in [0.15, 0.2) is 45.4 Å². The summed E-state index contributed by atoms with van der Waals surface area (Å²) >= 11 is 0. The SMILES string of the molecule is CCOc1ccc2oc(C(=O)NCC(c3ccco3)N(C)C)c(C)c2c1. The first-order chi connectivity index (χ1) is 12.5. The maximum Gasteiger partial charge on any atom is 0.287 e. The highest BCUT2D eigenvalue weighted by molar-refractivity contribution is 5.99. The Labute approximate surface area is 152 Å². The largest absolute Gasteiger partial charge is 0.494 e. The fraction of sp³-hybridized carbons (Fsp3) is 0.350. The number of carbonyl (C=O) groups is 1. The number of nitrogens with one attached hydrogen (secondary N) is 1. The fourth-order valence-electron chi connectivity index (χ4n) is 2.96. The first-order valence-electron chi connectivity index (χ1n) is 8.65. The Morgan fingerprint density at radius 2 is 2.12 bits per heavy atom. The smallest absolute Gasteiger partial charge is 0.287 e. The van der Waals surface area contributed by atoms with Gasteiger partial charge in [-0.25, -0.2) is 0 Å². The second-order valence-corrected chi connectivity index (χ2v) is 6.35. The number of ether oxygens (including phenoxy) is 1. The molecule has 3 aromatic rings. The van der Waals surface area contributed by atoms with E-state index in [1.165, 1.54) is 0 Å². The molecule has 3 rings (SSSR count). The van der Waals surface area contributed by atoms with Gasteiger partial charge in [0.1, 0.15) is 17.1 Å². The Balaban J connectivity index is 1.78. The molecule has 0 aliphatic rings. The zero-order valence-electron chi connectivity index (χ0n) is 15.5. The van der Waals surface area contributed by atoms with E-state index in [-0.39, 0.29) is 11.9 Å². The molecule has 1 atom stereocenters. The first kappa shape index (κ1) is 18.1. The lowest BCUT2D eigenvalue weighted by atomic mass is 10.1. The van der Waals surface area contributed by atoms with Crippen molar-refractivity contribution in [2.45, 2.75) is 19.9 Å². The molecule has 138 valence electrons. The van der Waals surface area contributed by atoms with E-state index in [0.29, 0.717) is 24.5 Å². The van der Waals surface area contributed by atoms with E-state index < -0.39 is 0 Å². The minimum atomic E-state index is -0.241. The van der Waals surface area contributed by atoms with Crippen molar-refractivity contribution in [3.8, 4) is 5.75 Å². The van der Waals surface area contributed by atoms with Crippen LogP contribution in [0.2, 0.25) is 0 Å². The van der Waals surface area contributed by atoms with Gasteiger partial charge in [-0.1, -0.05) is 0 Å². The number of nitrogens with zero attached hydrogens (tertiary/aromatic N) is 1. The van der Waals surface area contributed by atoms with Crippen molar-refractivity contribution in [1.82, 2.24) is 10.2 Å². The van der Waals surface area contributed by atoms with Crippen molar-refractivity contribution >= 4 is 16.9 Å². The van der Waals surface area contributed by atoms with Gasteiger partial charge in [-0.2, -0.15) is 0 Å². The van der Waals surface area contributed by atoms with Gasteiger partial charge in [-0.15, -0.1) is 0 Å². The highest BCUT2D eigenvalue weighted by atomic mass is 16.5. The first-order valence-corrected chi connectivity index (χ1v) is 8.65. The van der Waals surface area contributed by atoms with E-state index in [0.717, 1.165) is 22.5 Å². The normalized spacial score (nSPS) is 12.5. The predicted octanol–water partition coefficient (Wildman–Crippen LogP) is 3.77. The van der Waals surface area contributed by atoms with E-state index in [2.05, 4.69) is 5.32 Å². The van der Waals surface area contributed by atoms with Gasteiger partial charge in [0.15, 0.2) is 5.76 Å². The van der Waals surface area contributed by atoms with Gasteiger partial charge in [0.2, 0.25) is 0 Å². The number of benzene rings is 1. The average Bonchev–Trinajstić information content (AvgIpc) is 3.24. The van der Waals surface area contributed by atoms with Crippen LogP contribution in [0.5, 0.6) is 5.75 Å². The fourth-order valence-corrected chi connectivity index (χ4v) is 2.96. The predicted molar refractivity (Wildman–Crippen MR) is 99.6 cm³/mol. The van der Waals surface area contributed by atoms with Crippen LogP contribution < -0.4 is 10.1 Å². The molecule has 6 heteroatoms. The number of hydrogen-bond acceptors (Lipinski definition) is 5. The standard InChI is InChI=1S/C20H24N2O4/c1-5-24-14-8-9-17-15(11-14)13(2)19(26-17)20(23)21-12-16(22(3)4)18-7-6-10-25-18/h6-11,16H,5,12H2,1-4H3,(H,21,23). The molecule has 1 N–H and O–H groups in total. The maximum absolute atomic E-state index is 12.7. The van der Waals surface area contributed by atoms with Gasteiger partial charge in [-0.05, 0) is 58.3 Å². The van der Waals surface area contributed by atoms with Crippen LogP contribution in [0.4, 0.5) is 0 Å². The third-order valence-electron chi connectivity index (χ3n) is 4.38. The van der Waals surface area contributed by atoms with Crippen molar-refractivity contribution in [2.24, 2.45) is 0 Å². The number of fused-ring (bicyclic) bond motifs is 1. The van der Waals surface area contributed by atoms with Gasteiger partial charge in [0.05, 0.1) is 18.9 Å². The molecule has 2 heterocycles. The molecule has 1 amide bonds. The van der Waals surface area contributed by atoms with Crippen molar-refractivity contribution in [3.63, 3.8) is 0 Å². The second kappa shape index (κ2) is 7.66. The summed E-state index contributed by atoms with van der Waals surface area (Å²) in [5.74, 6) is 1.65. The summed E-state index contributed by atoms with van der Waals surface area (Å²) in [7, 11) is 3.89. The summed E-state index contributed by atoms with van der Waals surface area (Å²) < 4.78 is 16.8. The number of amides is 1.